The topological polar surface area (TPSA) is 78.1 Å². The van der Waals surface area contributed by atoms with Crippen LogP contribution in [0, 0.1) is 0 Å². The van der Waals surface area contributed by atoms with Gasteiger partial charge in [0, 0.05) is 16.2 Å². The maximum Gasteiger partial charge on any atom is 0.294 e. The molecule has 24 heavy (non-hydrogen) atoms. The van der Waals surface area contributed by atoms with Crippen molar-refractivity contribution in [2.45, 2.75) is 35.4 Å². The minimum atomic E-state index is -0.423. The molecule has 4 rings (SSSR count). The Hall–Kier alpha value is -1.76. The third-order valence-corrected chi connectivity index (χ3v) is 5.26. The van der Waals surface area contributed by atoms with Gasteiger partial charge in [-0.05, 0) is 37.5 Å². The van der Waals surface area contributed by atoms with Crippen LogP contribution in [0.3, 0.4) is 0 Å². The van der Waals surface area contributed by atoms with Gasteiger partial charge in [-0.1, -0.05) is 23.4 Å². The molecule has 0 bridgehead atoms. The molecule has 1 aromatic carbocycles. The van der Waals surface area contributed by atoms with Crippen molar-refractivity contribution in [2.24, 2.45) is 5.73 Å². The first kappa shape index (κ1) is 17.1. The molecule has 0 unspecified atom stereocenters. The summed E-state index contributed by atoms with van der Waals surface area (Å²) in [6, 6.07) is 12.2. The molecule has 1 aliphatic rings. The second-order valence-corrected chi connectivity index (χ2v) is 6.86. The van der Waals surface area contributed by atoms with Crippen molar-refractivity contribution in [3.8, 4) is 11.7 Å². The zero-order valence-electron chi connectivity index (χ0n) is 13.0. The normalized spacial score (nSPS) is 15.5. The van der Waals surface area contributed by atoms with Crippen molar-refractivity contribution < 1.29 is 8.94 Å². The van der Waals surface area contributed by atoms with Gasteiger partial charge in [0.1, 0.15) is 0 Å². The number of rotatable bonds is 5. The number of benzene rings is 1. The summed E-state index contributed by atoms with van der Waals surface area (Å²) in [5.41, 5.74) is 6.86. The van der Waals surface area contributed by atoms with Gasteiger partial charge >= 0.3 is 0 Å². The van der Waals surface area contributed by atoms with E-state index in [1.807, 2.05) is 24.3 Å². The molecule has 0 amide bonds. The van der Waals surface area contributed by atoms with Crippen LogP contribution in [0.25, 0.3) is 11.7 Å². The second-order valence-electron chi connectivity index (χ2n) is 5.81. The van der Waals surface area contributed by atoms with Crippen LogP contribution >= 0.6 is 24.2 Å². The van der Waals surface area contributed by atoms with Gasteiger partial charge in [-0.3, -0.25) is 0 Å². The molecular formula is C17H18ClN3O2S. The molecule has 126 valence electrons. The Bertz CT molecular complexity index is 799. The minimum absolute atomic E-state index is 0. The lowest BCUT2D eigenvalue weighted by Gasteiger charge is -2.34. The molecule has 0 aliphatic heterocycles. The Kier molecular flexibility index (Phi) is 4.99. The summed E-state index contributed by atoms with van der Waals surface area (Å²) in [5.74, 6) is 2.40. The van der Waals surface area contributed by atoms with Crippen LogP contribution in [0.4, 0.5) is 0 Å². The lowest BCUT2D eigenvalue weighted by molar-refractivity contribution is 0.229. The number of aromatic nitrogens is 2. The number of hydrogen-bond donors (Lipinski definition) is 1. The molecule has 1 saturated carbocycles. The zero-order chi connectivity index (χ0) is 15.7. The molecule has 1 fully saturated rings. The summed E-state index contributed by atoms with van der Waals surface area (Å²) in [4.78, 5) is 5.67. The number of thioether (sulfide) groups is 1. The largest absolute Gasteiger partial charge is 0.459 e. The fraction of sp³-hybridized carbons (Fsp3) is 0.294. The smallest absolute Gasteiger partial charge is 0.294 e. The molecular weight excluding hydrogens is 346 g/mol. The van der Waals surface area contributed by atoms with Crippen molar-refractivity contribution in [2.75, 3.05) is 0 Å². The number of nitrogens with two attached hydrogens (primary N) is 1. The molecule has 0 saturated heterocycles. The van der Waals surface area contributed by atoms with Gasteiger partial charge in [-0.25, -0.2) is 0 Å². The molecule has 0 atom stereocenters. The van der Waals surface area contributed by atoms with E-state index in [0.29, 0.717) is 17.5 Å². The summed E-state index contributed by atoms with van der Waals surface area (Å²) in [6.45, 7) is 0. The third kappa shape index (κ3) is 3.22. The van der Waals surface area contributed by atoms with Crippen LogP contribution in [0.15, 0.2) is 56.5 Å². The SMILES string of the molecule is Cl.NC1(c2noc(-c3occc3CSc3ccccc3)n2)CCC1. The highest BCUT2D eigenvalue weighted by Crippen LogP contribution is 2.38. The lowest BCUT2D eigenvalue weighted by Crippen LogP contribution is -2.44. The van der Waals surface area contributed by atoms with E-state index in [9.17, 15) is 0 Å². The quantitative estimate of drug-likeness (QED) is 0.677. The molecule has 1 aliphatic carbocycles. The highest BCUT2D eigenvalue weighted by Gasteiger charge is 2.39. The van der Waals surface area contributed by atoms with Gasteiger partial charge in [0.2, 0.25) is 0 Å². The van der Waals surface area contributed by atoms with Crippen LogP contribution in [0.5, 0.6) is 0 Å². The van der Waals surface area contributed by atoms with Crippen LogP contribution in [-0.4, -0.2) is 10.1 Å². The van der Waals surface area contributed by atoms with E-state index in [1.54, 1.807) is 18.0 Å². The Balaban J connectivity index is 0.00000169. The Morgan fingerprint density at radius 2 is 1.96 bits per heavy atom. The first-order valence-corrected chi connectivity index (χ1v) is 8.61. The van der Waals surface area contributed by atoms with Gasteiger partial charge < -0.3 is 14.7 Å². The standard InChI is InChI=1S/C17H17N3O2S.ClH/c18-17(8-4-9-17)16-19-15(22-20-16)14-12(7-10-21-14)11-23-13-5-2-1-3-6-13;/h1-3,5-7,10H,4,8-9,11,18H2;1H. The Morgan fingerprint density at radius 3 is 2.67 bits per heavy atom. The molecule has 2 N–H and O–H groups in total. The van der Waals surface area contributed by atoms with E-state index in [1.165, 1.54) is 4.90 Å². The summed E-state index contributed by atoms with van der Waals surface area (Å²) in [7, 11) is 0. The molecule has 2 aromatic heterocycles. The van der Waals surface area contributed by atoms with Gasteiger partial charge in [0.05, 0.1) is 11.8 Å². The fourth-order valence-corrected chi connectivity index (χ4v) is 3.51. The third-order valence-electron chi connectivity index (χ3n) is 4.20. The maximum absolute atomic E-state index is 6.24. The summed E-state index contributed by atoms with van der Waals surface area (Å²) in [5, 5.41) is 4.05. The van der Waals surface area contributed by atoms with Crippen molar-refractivity contribution in [1.29, 1.82) is 0 Å². The van der Waals surface area contributed by atoms with E-state index in [2.05, 4.69) is 22.3 Å². The minimum Gasteiger partial charge on any atom is -0.459 e. The average Bonchev–Trinajstić information content (AvgIpc) is 3.20. The average molecular weight is 364 g/mol. The van der Waals surface area contributed by atoms with Gasteiger partial charge in [0.15, 0.2) is 11.6 Å². The second kappa shape index (κ2) is 7.01. The number of nitrogens with zero attached hydrogens (tertiary/aromatic N) is 2. The number of furan rings is 1. The molecule has 3 aromatic rings. The highest BCUT2D eigenvalue weighted by atomic mass is 35.5. The van der Waals surface area contributed by atoms with E-state index in [0.717, 1.165) is 30.6 Å². The molecule has 0 spiro atoms. The van der Waals surface area contributed by atoms with E-state index in [4.69, 9.17) is 14.7 Å². The van der Waals surface area contributed by atoms with Crippen molar-refractivity contribution >= 4 is 24.2 Å². The van der Waals surface area contributed by atoms with E-state index >= 15 is 0 Å². The van der Waals surface area contributed by atoms with Crippen LogP contribution in [0.2, 0.25) is 0 Å². The Morgan fingerprint density at radius 1 is 1.17 bits per heavy atom. The molecule has 0 radical (unpaired) electrons. The van der Waals surface area contributed by atoms with Crippen LogP contribution in [-0.2, 0) is 11.3 Å². The van der Waals surface area contributed by atoms with Crippen LogP contribution < -0.4 is 5.73 Å². The van der Waals surface area contributed by atoms with Crippen molar-refractivity contribution in [1.82, 2.24) is 10.1 Å². The lowest BCUT2D eigenvalue weighted by atomic mass is 9.77. The Labute approximate surface area is 150 Å². The maximum atomic E-state index is 6.24. The zero-order valence-corrected chi connectivity index (χ0v) is 14.6. The van der Waals surface area contributed by atoms with Gasteiger partial charge in [-0.15, -0.1) is 24.2 Å². The predicted octanol–water partition coefficient (Wildman–Crippen LogP) is 4.38. The summed E-state index contributed by atoms with van der Waals surface area (Å²) < 4.78 is 10.9. The molecule has 5 nitrogen and oxygen atoms in total. The van der Waals surface area contributed by atoms with Crippen molar-refractivity contribution in [3.63, 3.8) is 0 Å². The fourth-order valence-electron chi connectivity index (χ4n) is 2.61. The molecule has 2 heterocycles. The first-order valence-electron chi connectivity index (χ1n) is 7.62. The van der Waals surface area contributed by atoms with E-state index in [-0.39, 0.29) is 12.4 Å². The van der Waals surface area contributed by atoms with Crippen LogP contribution in [0.1, 0.15) is 30.7 Å². The monoisotopic (exact) mass is 363 g/mol. The first-order chi connectivity index (χ1) is 11.2. The highest BCUT2D eigenvalue weighted by molar-refractivity contribution is 7.98. The van der Waals surface area contributed by atoms with Gasteiger partial charge in [0.25, 0.3) is 5.89 Å². The van der Waals surface area contributed by atoms with E-state index < -0.39 is 5.54 Å². The summed E-state index contributed by atoms with van der Waals surface area (Å²) >= 11 is 1.74. The van der Waals surface area contributed by atoms with Gasteiger partial charge in [-0.2, -0.15) is 4.98 Å². The number of hydrogen-bond acceptors (Lipinski definition) is 6. The van der Waals surface area contributed by atoms with Crippen molar-refractivity contribution in [3.05, 3.63) is 54.0 Å². The summed E-state index contributed by atoms with van der Waals surface area (Å²) in [6.07, 6.45) is 4.57. The molecule has 7 heteroatoms. The number of halogens is 1. The predicted molar refractivity (Wildman–Crippen MR) is 95.0 cm³/mol.